The van der Waals surface area contributed by atoms with E-state index in [0.29, 0.717) is 0 Å². The van der Waals surface area contributed by atoms with Crippen LogP contribution in [0.15, 0.2) is 11.4 Å². The van der Waals surface area contributed by atoms with E-state index < -0.39 is 0 Å². The van der Waals surface area contributed by atoms with Crippen LogP contribution < -0.4 is 5.32 Å². The molecule has 1 aliphatic rings. The number of rotatable bonds is 0. The molecule has 0 aromatic carbocycles. The Morgan fingerprint density at radius 1 is 1.56 bits per heavy atom. The molecule has 2 heterocycles. The predicted octanol–water partition coefficient (Wildman–Crippen LogP) is 2.11. The van der Waals surface area contributed by atoms with E-state index in [1.54, 1.807) is 0 Å². The third-order valence-electron chi connectivity index (χ3n) is 1.64. The molecule has 1 nitrogen and oxygen atoms in total. The van der Waals surface area contributed by atoms with Crippen molar-refractivity contribution in [3.8, 4) is 0 Å². The summed E-state index contributed by atoms with van der Waals surface area (Å²) in [5.74, 6) is 0. The number of hydrogen-bond donors (Lipinski definition) is 1. The Balaban J connectivity index is 2.39. The van der Waals surface area contributed by atoms with Crippen LogP contribution in [0.25, 0.3) is 0 Å². The van der Waals surface area contributed by atoms with Gasteiger partial charge in [-0.15, -0.1) is 11.3 Å². The van der Waals surface area contributed by atoms with Gasteiger partial charge in [0.2, 0.25) is 0 Å². The average Bonchev–Trinajstić information content (AvgIpc) is 2.33. The van der Waals surface area contributed by atoms with E-state index in [-0.39, 0.29) is 0 Å². The number of thiophene rings is 1. The van der Waals surface area contributed by atoms with E-state index in [4.69, 9.17) is 0 Å². The summed E-state index contributed by atoms with van der Waals surface area (Å²) >= 11 is 1.86. The largest absolute Gasteiger partial charge is 0.384 e. The number of hydrogen-bond acceptors (Lipinski definition) is 2. The van der Waals surface area contributed by atoms with Gasteiger partial charge in [0, 0.05) is 17.1 Å². The van der Waals surface area contributed by atoms with Gasteiger partial charge in [0.05, 0.1) is 0 Å². The van der Waals surface area contributed by atoms with Crippen LogP contribution in [0.2, 0.25) is 0 Å². The molecule has 0 saturated heterocycles. The second-order valence-corrected chi connectivity index (χ2v) is 3.29. The first-order valence-corrected chi connectivity index (χ1v) is 4.15. The lowest BCUT2D eigenvalue weighted by atomic mass is 10.2. The molecule has 0 saturated carbocycles. The van der Waals surface area contributed by atoms with Gasteiger partial charge in [-0.3, -0.25) is 0 Å². The average molecular weight is 139 g/mol. The topological polar surface area (TPSA) is 12.0 Å². The van der Waals surface area contributed by atoms with Crippen molar-refractivity contribution in [1.29, 1.82) is 0 Å². The highest BCUT2D eigenvalue weighted by Crippen LogP contribution is 2.26. The Kier molecular flexibility index (Phi) is 1.19. The minimum Gasteiger partial charge on any atom is -0.384 e. The molecule has 0 bridgehead atoms. The SMILES string of the molecule is c1cc2c(s1)CCCN2. The molecule has 1 N–H and O–H groups in total. The molecule has 0 amide bonds. The van der Waals surface area contributed by atoms with Crippen LogP contribution in [-0.4, -0.2) is 6.54 Å². The van der Waals surface area contributed by atoms with Gasteiger partial charge in [-0.05, 0) is 24.3 Å². The first-order valence-electron chi connectivity index (χ1n) is 3.27. The number of anilines is 1. The Hall–Kier alpha value is -0.500. The first-order chi connectivity index (χ1) is 4.47. The lowest BCUT2D eigenvalue weighted by molar-refractivity contribution is 0.846. The molecule has 2 rings (SSSR count). The van der Waals surface area contributed by atoms with Gasteiger partial charge in [-0.25, -0.2) is 0 Å². The molecule has 0 fully saturated rings. The molecule has 0 radical (unpaired) electrons. The van der Waals surface area contributed by atoms with Gasteiger partial charge in [0.25, 0.3) is 0 Å². The summed E-state index contributed by atoms with van der Waals surface area (Å²) in [5, 5.41) is 5.51. The maximum absolute atomic E-state index is 3.35. The molecule has 1 aliphatic heterocycles. The van der Waals surface area contributed by atoms with Gasteiger partial charge in [-0.1, -0.05) is 0 Å². The molecule has 1 aromatic heterocycles. The summed E-state index contributed by atoms with van der Waals surface area (Å²) in [7, 11) is 0. The molecule has 1 aromatic rings. The van der Waals surface area contributed by atoms with Crippen LogP contribution in [0.5, 0.6) is 0 Å². The van der Waals surface area contributed by atoms with Crippen molar-refractivity contribution in [2.24, 2.45) is 0 Å². The molecular formula is C7H9NS. The minimum atomic E-state index is 1.16. The zero-order valence-electron chi connectivity index (χ0n) is 5.18. The highest BCUT2D eigenvalue weighted by atomic mass is 32.1. The predicted molar refractivity (Wildman–Crippen MR) is 41.1 cm³/mol. The standard InChI is InChI=1S/C7H9NS/c1-2-7-6(8-4-1)3-5-9-7/h3,5,8H,1-2,4H2. The number of fused-ring (bicyclic) bond motifs is 1. The van der Waals surface area contributed by atoms with Crippen LogP contribution >= 0.6 is 11.3 Å². The Labute approximate surface area is 58.7 Å². The lowest BCUT2D eigenvalue weighted by Crippen LogP contribution is -2.08. The molecule has 48 valence electrons. The van der Waals surface area contributed by atoms with E-state index in [1.807, 2.05) is 11.3 Å². The van der Waals surface area contributed by atoms with Gasteiger partial charge < -0.3 is 5.32 Å². The molecular weight excluding hydrogens is 130 g/mol. The lowest BCUT2D eigenvalue weighted by Gasteiger charge is -2.12. The second-order valence-electron chi connectivity index (χ2n) is 2.29. The van der Waals surface area contributed by atoms with Crippen molar-refractivity contribution < 1.29 is 0 Å². The summed E-state index contributed by atoms with van der Waals surface area (Å²) in [6.45, 7) is 1.16. The van der Waals surface area contributed by atoms with E-state index in [2.05, 4.69) is 16.8 Å². The fourth-order valence-corrected chi connectivity index (χ4v) is 2.06. The van der Waals surface area contributed by atoms with Gasteiger partial charge >= 0.3 is 0 Å². The quantitative estimate of drug-likeness (QED) is 0.580. The van der Waals surface area contributed by atoms with Crippen molar-refractivity contribution in [3.05, 3.63) is 16.3 Å². The fourth-order valence-electron chi connectivity index (χ4n) is 1.16. The summed E-state index contributed by atoms with van der Waals surface area (Å²) in [6.07, 6.45) is 2.58. The smallest absolute Gasteiger partial charge is 0.0481 e. The fraction of sp³-hybridized carbons (Fsp3) is 0.429. The number of aryl methyl sites for hydroxylation is 1. The maximum Gasteiger partial charge on any atom is 0.0481 e. The monoisotopic (exact) mass is 139 g/mol. The Morgan fingerprint density at radius 2 is 2.56 bits per heavy atom. The molecule has 0 atom stereocenters. The van der Waals surface area contributed by atoms with Crippen LogP contribution in [0.3, 0.4) is 0 Å². The highest BCUT2D eigenvalue weighted by molar-refractivity contribution is 7.10. The number of nitrogens with one attached hydrogen (secondary N) is 1. The molecule has 2 heteroatoms. The van der Waals surface area contributed by atoms with Gasteiger partial charge in [0.1, 0.15) is 0 Å². The van der Waals surface area contributed by atoms with Crippen LogP contribution in [0.1, 0.15) is 11.3 Å². The molecule has 0 spiro atoms. The Bertz CT molecular complexity index is 184. The van der Waals surface area contributed by atoms with Gasteiger partial charge in [0.15, 0.2) is 0 Å². The zero-order chi connectivity index (χ0) is 6.10. The maximum atomic E-state index is 3.35. The van der Waals surface area contributed by atoms with Crippen LogP contribution in [0.4, 0.5) is 5.69 Å². The Morgan fingerprint density at radius 3 is 3.44 bits per heavy atom. The van der Waals surface area contributed by atoms with Crippen molar-refractivity contribution in [2.45, 2.75) is 12.8 Å². The van der Waals surface area contributed by atoms with Gasteiger partial charge in [-0.2, -0.15) is 0 Å². The summed E-state index contributed by atoms with van der Waals surface area (Å²) in [6, 6.07) is 2.17. The minimum absolute atomic E-state index is 1.16. The van der Waals surface area contributed by atoms with Crippen molar-refractivity contribution >= 4 is 17.0 Å². The van der Waals surface area contributed by atoms with Crippen LogP contribution in [0, 0.1) is 0 Å². The third kappa shape index (κ3) is 0.833. The third-order valence-corrected chi connectivity index (χ3v) is 2.62. The van der Waals surface area contributed by atoms with Crippen molar-refractivity contribution in [3.63, 3.8) is 0 Å². The van der Waals surface area contributed by atoms with Crippen molar-refractivity contribution in [1.82, 2.24) is 0 Å². The van der Waals surface area contributed by atoms with E-state index in [0.717, 1.165) is 6.54 Å². The molecule has 0 unspecified atom stereocenters. The van der Waals surface area contributed by atoms with E-state index >= 15 is 0 Å². The highest BCUT2D eigenvalue weighted by Gasteiger charge is 2.07. The zero-order valence-corrected chi connectivity index (χ0v) is 6.00. The van der Waals surface area contributed by atoms with E-state index in [1.165, 1.54) is 23.4 Å². The van der Waals surface area contributed by atoms with Crippen LogP contribution in [-0.2, 0) is 6.42 Å². The summed E-state index contributed by atoms with van der Waals surface area (Å²) in [5.41, 5.74) is 1.37. The second kappa shape index (κ2) is 2.03. The summed E-state index contributed by atoms with van der Waals surface area (Å²) < 4.78 is 0. The van der Waals surface area contributed by atoms with Crippen molar-refractivity contribution in [2.75, 3.05) is 11.9 Å². The molecule has 0 aliphatic carbocycles. The normalized spacial score (nSPS) is 16.4. The molecule has 9 heavy (non-hydrogen) atoms. The van der Waals surface area contributed by atoms with E-state index in [9.17, 15) is 0 Å². The summed E-state index contributed by atoms with van der Waals surface area (Å²) in [4.78, 5) is 1.53. The first kappa shape index (κ1) is 5.30.